The third-order valence-corrected chi connectivity index (χ3v) is 5.32. The molecule has 0 radical (unpaired) electrons. The summed E-state index contributed by atoms with van der Waals surface area (Å²) in [6, 6.07) is 9.73. The van der Waals surface area contributed by atoms with Gasteiger partial charge in [-0.3, -0.25) is 14.2 Å². The SMILES string of the molecule is O=C(O)C(=O)Nc1ccc2c(=O)n3c(nc2c1)C(=Cc1ccc(Cl)c(Cl)c1)CC3. The van der Waals surface area contributed by atoms with Gasteiger partial charge in [0, 0.05) is 12.2 Å². The fraction of sp³-hybridized carbons (Fsp3) is 0.100. The number of allylic oxidation sites excluding steroid dienone is 1. The molecule has 0 saturated carbocycles. The zero-order chi connectivity index (χ0) is 20.7. The van der Waals surface area contributed by atoms with E-state index in [1.807, 2.05) is 12.1 Å². The Kier molecular flexibility index (Phi) is 4.86. The first-order chi connectivity index (χ1) is 13.8. The molecule has 0 bridgehead atoms. The first kappa shape index (κ1) is 19.2. The van der Waals surface area contributed by atoms with Crippen LogP contribution in [0.2, 0.25) is 10.0 Å². The van der Waals surface area contributed by atoms with E-state index < -0.39 is 11.9 Å². The van der Waals surface area contributed by atoms with Crippen LogP contribution in [0, 0.1) is 0 Å². The number of carbonyl (C=O) groups excluding carboxylic acids is 1. The molecule has 2 aromatic carbocycles. The first-order valence-corrected chi connectivity index (χ1v) is 9.34. The van der Waals surface area contributed by atoms with E-state index in [-0.39, 0.29) is 11.2 Å². The molecule has 0 aliphatic carbocycles. The van der Waals surface area contributed by atoms with Gasteiger partial charge in [-0.2, -0.15) is 0 Å². The molecule has 0 unspecified atom stereocenters. The predicted molar refractivity (Wildman–Crippen MR) is 111 cm³/mol. The van der Waals surface area contributed by atoms with E-state index in [0.29, 0.717) is 39.7 Å². The van der Waals surface area contributed by atoms with Gasteiger partial charge < -0.3 is 10.4 Å². The molecule has 2 heterocycles. The molecule has 1 amide bonds. The molecule has 0 fully saturated rings. The van der Waals surface area contributed by atoms with E-state index in [2.05, 4.69) is 10.3 Å². The standard InChI is InChI=1S/C20H13Cl2N3O4/c21-14-4-1-10(8-15(14)22)7-11-5-6-25-17(11)24-16-9-12(23-18(26)20(28)29)2-3-13(16)19(25)27/h1-4,7-9H,5-6H2,(H,23,26)(H,28,29). The molecule has 0 spiro atoms. The van der Waals surface area contributed by atoms with Crippen LogP contribution in [0.25, 0.3) is 22.6 Å². The van der Waals surface area contributed by atoms with Crippen molar-refractivity contribution in [3.63, 3.8) is 0 Å². The van der Waals surface area contributed by atoms with Gasteiger partial charge in [0.2, 0.25) is 0 Å². The zero-order valence-electron chi connectivity index (χ0n) is 14.8. The van der Waals surface area contributed by atoms with Crippen LogP contribution in [0.3, 0.4) is 0 Å². The molecule has 146 valence electrons. The lowest BCUT2D eigenvalue weighted by Crippen LogP contribution is -2.23. The van der Waals surface area contributed by atoms with Crippen molar-refractivity contribution in [2.24, 2.45) is 0 Å². The van der Waals surface area contributed by atoms with E-state index in [0.717, 1.165) is 11.1 Å². The number of rotatable bonds is 2. The third kappa shape index (κ3) is 3.62. The number of carboxylic acid groups (broad SMARTS) is 1. The van der Waals surface area contributed by atoms with Crippen LogP contribution in [0.4, 0.5) is 5.69 Å². The maximum absolute atomic E-state index is 12.8. The summed E-state index contributed by atoms with van der Waals surface area (Å²) in [5, 5.41) is 12.3. The number of nitrogens with one attached hydrogen (secondary N) is 1. The Morgan fingerprint density at radius 3 is 2.66 bits per heavy atom. The highest BCUT2D eigenvalue weighted by Crippen LogP contribution is 2.30. The molecule has 0 atom stereocenters. The summed E-state index contributed by atoms with van der Waals surface area (Å²) in [4.78, 5) is 39.5. The number of fused-ring (bicyclic) bond motifs is 2. The Morgan fingerprint density at radius 1 is 1.14 bits per heavy atom. The van der Waals surface area contributed by atoms with Gasteiger partial charge in [-0.1, -0.05) is 29.3 Å². The van der Waals surface area contributed by atoms with Crippen molar-refractivity contribution in [2.75, 3.05) is 5.32 Å². The third-order valence-electron chi connectivity index (χ3n) is 4.58. The molecular weight excluding hydrogens is 417 g/mol. The fourth-order valence-corrected chi connectivity index (χ4v) is 3.53. The minimum absolute atomic E-state index is 0.196. The molecule has 29 heavy (non-hydrogen) atoms. The Balaban J connectivity index is 1.79. The number of benzene rings is 2. The second kappa shape index (κ2) is 7.35. The predicted octanol–water partition coefficient (Wildman–Crippen LogP) is 3.67. The van der Waals surface area contributed by atoms with Gasteiger partial charge in [0.1, 0.15) is 5.82 Å². The van der Waals surface area contributed by atoms with Crippen LogP contribution < -0.4 is 10.9 Å². The molecule has 1 aliphatic rings. The zero-order valence-corrected chi connectivity index (χ0v) is 16.3. The van der Waals surface area contributed by atoms with Crippen molar-refractivity contribution in [2.45, 2.75) is 13.0 Å². The normalized spacial score (nSPS) is 14.2. The van der Waals surface area contributed by atoms with Crippen molar-refractivity contribution in [3.8, 4) is 0 Å². The molecule has 2 N–H and O–H groups in total. The molecule has 1 aromatic heterocycles. The first-order valence-electron chi connectivity index (χ1n) is 8.58. The summed E-state index contributed by atoms with van der Waals surface area (Å²) in [5.41, 5.74) is 2.11. The highest BCUT2D eigenvalue weighted by Gasteiger charge is 2.21. The van der Waals surface area contributed by atoms with Gasteiger partial charge in [0.15, 0.2) is 0 Å². The second-order valence-corrected chi connectivity index (χ2v) is 7.29. The smallest absolute Gasteiger partial charge is 0.394 e. The number of anilines is 1. The number of nitrogens with zero attached hydrogens (tertiary/aromatic N) is 2. The summed E-state index contributed by atoms with van der Waals surface area (Å²) in [6.45, 7) is 0.502. The maximum Gasteiger partial charge on any atom is 0.394 e. The Hall–Kier alpha value is -3.16. The molecular formula is C20H13Cl2N3O4. The van der Waals surface area contributed by atoms with Crippen molar-refractivity contribution in [3.05, 3.63) is 68.2 Å². The van der Waals surface area contributed by atoms with Gasteiger partial charge in [-0.05, 0) is 54.0 Å². The fourth-order valence-electron chi connectivity index (χ4n) is 3.22. The van der Waals surface area contributed by atoms with E-state index in [1.165, 1.54) is 18.2 Å². The van der Waals surface area contributed by atoms with Crippen LogP contribution in [-0.4, -0.2) is 26.5 Å². The Bertz CT molecular complexity index is 1280. The maximum atomic E-state index is 12.8. The van der Waals surface area contributed by atoms with Crippen LogP contribution in [0.5, 0.6) is 0 Å². The molecule has 4 rings (SSSR count). The number of carboxylic acids is 1. The monoisotopic (exact) mass is 429 g/mol. The topological polar surface area (TPSA) is 101 Å². The average molecular weight is 430 g/mol. The molecule has 3 aromatic rings. The summed E-state index contributed by atoms with van der Waals surface area (Å²) in [5.74, 6) is -2.24. The highest BCUT2D eigenvalue weighted by molar-refractivity contribution is 6.42. The van der Waals surface area contributed by atoms with Crippen LogP contribution in [0.1, 0.15) is 17.8 Å². The van der Waals surface area contributed by atoms with Gasteiger partial charge in [-0.25, -0.2) is 9.78 Å². The lowest BCUT2D eigenvalue weighted by molar-refractivity contribution is -0.147. The number of aromatic nitrogens is 2. The number of hydrogen-bond acceptors (Lipinski definition) is 4. The number of hydrogen-bond donors (Lipinski definition) is 2. The summed E-state index contributed by atoms with van der Waals surface area (Å²) in [7, 11) is 0. The quantitative estimate of drug-likeness (QED) is 0.605. The number of aliphatic carboxylic acids is 1. The Morgan fingerprint density at radius 2 is 1.93 bits per heavy atom. The van der Waals surface area contributed by atoms with E-state index >= 15 is 0 Å². The lowest BCUT2D eigenvalue weighted by Gasteiger charge is -2.08. The molecule has 0 saturated heterocycles. The van der Waals surface area contributed by atoms with E-state index in [4.69, 9.17) is 28.3 Å². The summed E-state index contributed by atoms with van der Waals surface area (Å²) >= 11 is 12.0. The second-order valence-electron chi connectivity index (χ2n) is 6.48. The number of carbonyl (C=O) groups is 2. The Labute approximate surface area is 174 Å². The molecule has 9 heteroatoms. The lowest BCUT2D eigenvalue weighted by atomic mass is 10.1. The van der Waals surface area contributed by atoms with Gasteiger partial charge in [0.25, 0.3) is 5.56 Å². The van der Waals surface area contributed by atoms with Crippen molar-refractivity contribution >= 4 is 63.3 Å². The molecule has 7 nitrogen and oxygen atoms in total. The van der Waals surface area contributed by atoms with Crippen molar-refractivity contribution < 1.29 is 14.7 Å². The average Bonchev–Trinajstić information content (AvgIpc) is 3.07. The summed E-state index contributed by atoms with van der Waals surface area (Å²) < 4.78 is 1.60. The van der Waals surface area contributed by atoms with Crippen LogP contribution >= 0.6 is 23.2 Å². The van der Waals surface area contributed by atoms with Crippen LogP contribution in [0.15, 0.2) is 41.2 Å². The molecule has 1 aliphatic heterocycles. The number of halogens is 2. The van der Waals surface area contributed by atoms with E-state index in [1.54, 1.807) is 16.7 Å². The van der Waals surface area contributed by atoms with E-state index in [9.17, 15) is 14.4 Å². The van der Waals surface area contributed by atoms with Crippen molar-refractivity contribution in [1.29, 1.82) is 0 Å². The van der Waals surface area contributed by atoms with Crippen molar-refractivity contribution in [1.82, 2.24) is 9.55 Å². The van der Waals surface area contributed by atoms with Gasteiger partial charge in [-0.15, -0.1) is 0 Å². The highest BCUT2D eigenvalue weighted by atomic mass is 35.5. The largest absolute Gasteiger partial charge is 0.474 e. The minimum atomic E-state index is -1.60. The van der Waals surface area contributed by atoms with Gasteiger partial charge in [0.05, 0.1) is 20.9 Å². The minimum Gasteiger partial charge on any atom is -0.474 e. The summed E-state index contributed by atoms with van der Waals surface area (Å²) in [6.07, 6.45) is 2.52. The van der Waals surface area contributed by atoms with Crippen LogP contribution in [-0.2, 0) is 16.1 Å². The number of amides is 1. The van der Waals surface area contributed by atoms with Gasteiger partial charge >= 0.3 is 11.9 Å².